The Labute approximate surface area is 130 Å². The molecule has 1 heterocycles. The van der Waals surface area contributed by atoms with E-state index in [4.69, 9.17) is 9.26 Å². The van der Waals surface area contributed by atoms with Gasteiger partial charge in [-0.1, -0.05) is 5.16 Å². The minimum absolute atomic E-state index is 0.0815. The maximum absolute atomic E-state index is 12.6. The molecular weight excluding hydrogens is 304 g/mol. The number of hydrogen-bond donors (Lipinski definition) is 1. The van der Waals surface area contributed by atoms with Crippen LogP contribution in [0, 0.1) is 34.6 Å². The molecule has 0 bridgehead atoms. The smallest absolute Gasteiger partial charge is 0.267 e. The second-order valence-electron chi connectivity index (χ2n) is 5.28. The van der Waals surface area contributed by atoms with Crippen LogP contribution in [0.4, 0.5) is 5.69 Å². The molecule has 22 heavy (non-hydrogen) atoms. The highest BCUT2D eigenvalue weighted by Gasteiger charge is 2.25. The molecule has 120 valence electrons. The van der Waals surface area contributed by atoms with Crippen molar-refractivity contribution in [3.8, 4) is 5.75 Å². The van der Waals surface area contributed by atoms with E-state index >= 15 is 0 Å². The summed E-state index contributed by atoms with van der Waals surface area (Å²) in [5.74, 6) is 1.03. The second-order valence-corrected chi connectivity index (χ2v) is 6.90. The Hall–Kier alpha value is -2.02. The zero-order valence-electron chi connectivity index (χ0n) is 13.6. The van der Waals surface area contributed by atoms with Gasteiger partial charge in [0.2, 0.25) is 0 Å². The van der Waals surface area contributed by atoms with Crippen molar-refractivity contribution in [2.45, 2.75) is 39.5 Å². The summed E-state index contributed by atoms with van der Waals surface area (Å²) in [4.78, 5) is 0.0815. The van der Waals surface area contributed by atoms with E-state index in [-0.39, 0.29) is 10.7 Å². The fourth-order valence-electron chi connectivity index (χ4n) is 2.53. The number of hydrogen-bond acceptors (Lipinski definition) is 5. The number of nitrogens with zero attached hydrogens (tertiary/aromatic N) is 1. The lowest BCUT2D eigenvalue weighted by Crippen LogP contribution is -2.16. The molecule has 0 fully saturated rings. The molecule has 0 aliphatic carbocycles. The first-order valence-corrected chi connectivity index (χ1v) is 8.27. The van der Waals surface area contributed by atoms with Crippen molar-refractivity contribution in [3.63, 3.8) is 0 Å². The number of methoxy groups -OCH3 is 1. The molecular formula is C15H20N2O4S. The molecule has 0 amide bonds. The fraction of sp³-hybridized carbons (Fsp3) is 0.400. The lowest BCUT2D eigenvalue weighted by molar-refractivity contribution is 0.390. The third-order valence-corrected chi connectivity index (χ3v) is 5.32. The SMILES string of the molecule is COc1c(C)cc(NS(=O)(=O)c2c(C)noc2C)c(C)c1C. The maximum Gasteiger partial charge on any atom is 0.267 e. The van der Waals surface area contributed by atoms with Gasteiger partial charge in [0.15, 0.2) is 10.7 Å². The summed E-state index contributed by atoms with van der Waals surface area (Å²) < 4.78 is 38.1. The second kappa shape index (κ2) is 5.64. The lowest BCUT2D eigenvalue weighted by atomic mass is 10.0. The molecule has 0 aliphatic rings. The van der Waals surface area contributed by atoms with Crippen LogP contribution in [0.3, 0.4) is 0 Å². The number of nitrogens with one attached hydrogen (secondary N) is 1. The van der Waals surface area contributed by atoms with E-state index in [9.17, 15) is 8.42 Å². The monoisotopic (exact) mass is 324 g/mol. The van der Waals surface area contributed by atoms with E-state index in [1.54, 1.807) is 27.0 Å². The van der Waals surface area contributed by atoms with Crippen molar-refractivity contribution < 1.29 is 17.7 Å². The lowest BCUT2D eigenvalue weighted by Gasteiger charge is -2.17. The van der Waals surface area contributed by atoms with E-state index in [1.165, 1.54) is 0 Å². The van der Waals surface area contributed by atoms with Gasteiger partial charge in [-0.25, -0.2) is 8.42 Å². The molecule has 0 saturated heterocycles. The Balaban J connectivity index is 2.52. The number of benzene rings is 1. The van der Waals surface area contributed by atoms with E-state index in [0.717, 1.165) is 22.4 Å². The van der Waals surface area contributed by atoms with E-state index in [0.29, 0.717) is 11.4 Å². The standard InChI is InChI=1S/C15H20N2O4S/c1-8-7-13(9(2)10(3)14(8)20-6)17-22(18,19)15-11(4)16-21-12(15)5/h7,17H,1-6H3. The van der Waals surface area contributed by atoms with Crippen LogP contribution in [0.5, 0.6) is 5.75 Å². The molecule has 0 unspecified atom stereocenters. The van der Waals surface area contributed by atoms with Gasteiger partial charge in [0.25, 0.3) is 10.0 Å². The van der Waals surface area contributed by atoms with Gasteiger partial charge >= 0.3 is 0 Å². The van der Waals surface area contributed by atoms with Crippen molar-refractivity contribution in [3.05, 3.63) is 34.2 Å². The van der Waals surface area contributed by atoms with Gasteiger partial charge in [-0.15, -0.1) is 0 Å². The number of ether oxygens (including phenoxy) is 1. The van der Waals surface area contributed by atoms with Crippen molar-refractivity contribution in [1.82, 2.24) is 5.16 Å². The average molecular weight is 324 g/mol. The Morgan fingerprint density at radius 3 is 2.27 bits per heavy atom. The van der Waals surface area contributed by atoms with E-state index in [1.807, 2.05) is 20.8 Å². The summed E-state index contributed by atoms with van der Waals surface area (Å²) >= 11 is 0. The zero-order chi connectivity index (χ0) is 16.7. The Morgan fingerprint density at radius 1 is 1.14 bits per heavy atom. The molecule has 6 nitrogen and oxygen atoms in total. The van der Waals surface area contributed by atoms with Crippen LogP contribution in [-0.4, -0.2) is 20.7 Å². The van der Waals surface area contributed by atoms with E-state index in [2.05, 4.69) is 9.88 Å². The topological polar surface area (TPSA) is 81.4 Å². The predicted molar refractivity (Wildman–Crippen MR) is 84.0 cm³/mol. The van der Waals surface area contributed by atoms with Crippen LogP contribution in [0.25, 0.3) is 0 Å². The minimum atomic E-state index is -3.75. The summed E-state index contributed by atoms with van der Waals surface area (Å²) in [6, 6.07) is 1.76. The molecule has 2 aromatic rings. The third kappa shape index (κ3) is 2.68. The average Bonchev–Trinajstić information content (AvgIpc) is 2.76. The van der Waals surface area contributed by atoms with Crippen LogP contribution >= 0.6 is 0 Å². The molecule has 0 aliphatic heterocycles. The molecule has 0 spiro atoms. The molecule has 0 radical (unpaired) electrons. The first-order chi connectivity index (χ1) is 10.2. The van der Waals surface area contributed by atoms with Gasteiger partial charge in [0.1, 0.15) is 11.4 Å². The molecule has 0 saturated carbocycles. The summed E-state index contributed by atoms with van der Waals surface area (Å²) in [5, 5.41) is 3.69. The number of rotatable bonds is 4. The highest BCUT2D eigenvalue weighted by molar-refractivity contribution is 7.92. The molecule has 0 atom stereocenters. The Kier molecular flexibility index (Phi) is 4.19. The van der Waals surface area contributed by atoms with Crippen molar-refractivity contribution >= 4 is 15.7 Å². The predicted octanol–water partition coefficient (Wildman–Crippen LogP) is 3.03. The zero-order valence-corrected chi connectivity index (χ0v) is 14.4. The van der Waals surface area contributed by atoms with Gasteiger partial charge in [-0.05, 0) is 57.4 Å². The number of anilines is 1. The summed E-state index contributed by atoms with van der Waals surface area (Å²) in [7, 11) is -2.15. The number of sulfonamides is 1. The molecule has 1 N–H and O–H groups in total. The minimum Gasteiger partial charge on any atom is -0.496 e. The van der Waals surface area contributed by atoms with Crippen LogP contribution in [0.1, 0.15) is 28.1 Å². The summed E-state index contributed by atoms with van der Waals surface area (Å²) in [6.45, 7) is 8.80. The normalized spacial score (nSPS) is 11.5. The molecule has 1 aromatic carbocycles. The van der Waals surface area contributed by atoms with Gasteiger partial charge < -0.3 is 9.26 Å². The van der Waals surface area contributed by atoms with Gasteiger partial charge in [0, 0.05) is 0 Å². The van der Waals surface area contributed by atoms with Crippen LogP contribution in [0.15, 0.2) is 15.5 Å². The first-order valence-electron chi connectivity index (χ1n) is 6.79. The van der Waals surface area contributed by atoms with Crippen LogP contribution < -0.4 is 9.46 Å². The summed E-state index contributed by atoms with van der Waals surface area (Å²) in [6.07, 6.45) is 0. The number of aromatic nitrogens is 1. The first kappa shape index (κ1) is 16.4. The number of aryl methyl sites for hydroxylation is 3. The van der Waals surface area contributed by atoms with E-state index < -0.39 is 10.0 Å². The molecule has 1 aromatic heterocycles. The van der Waals surface area contributed by atoms with Gasteiger partial charge in [-0.2, -0.15) is 0 Å². The third-order valence-electron chi connectivity index (χ3n) is 3.71. The van der Waals surface area contributed by atoms with Crippen molar-refractivity contribution in [2.24, 2.45) is 0 Å². The fourth-order valence-corrected chi connectivity index (χ4v) is 3.98. The maximum atomic E-state index is 12.6. The molecule has 2 rings (SSSR count). The van der Waals surface area contributed by atoms with Crippen LogP contribution in [0.2, 0.25) is 0 Å². The van der Waals surface area contributed by atoms with Crippen molar-refractivity contribution in [2.75, 3.05) is 11.8 Å². The Bertz CT molecular complexity index is 803. The van der Waals surface area contributed by atoms with Gasteiger partial charge in [-0.3, -0.25) is 4.72 Å². The van der Waals surface area contributed by atoms with Gasteiger partial charge in [0.05, 0.1) is 12.8 Å². The highest BCUT2D eigenvalue weighted by Crippen LogP contribution is 2.33. The van der Waals surface area contributed by atoms with Crippen LogP contribution in [-0.2, 0) is 10.0 Å². The quantitative estimate of drug-likeness (QED) is 0.935. The highest BCUT2D eigenvalue weighted by atomic mass is 32.2. The summed E-state index contributed by atoms with van der Waals surface area (Å²) in [5.41, 5.74) is 3.44. The Morgan fingerprint density at radius 2 is 1.77 bits per heavy atom. The van der Waals surface area contributed by atoms with Crippen molar-refractivity contribution in [1.29, 1.82) is 0 Å². The molecule has 7 heteroatoms. The largest absolute Gasteiger partial charge is 0.496 e.